The van der Waals surface area contributed by atoms with E-state index in [1.54, 1.807) is 18.2 Å². The van der Waals surface area contributed by atoms with Crippen LogP contribution in [-0.4, -0.2) is 27.9 Å². The molecule has 0 aliphatic heterocycles. The number of aryl methyl sites for hydroxylation is 1. The van der Waals surface area contributed by atoms with Gasteiger partial charge in [0.2, 0.25) is 5.91 Å². The molecule has 3 aromatic carbocycles. The van der Waals surface area contributed by atoms with Gasteiger partial charge in [-0.25, -0.2) is 9.37 Å². The summed E-state index contributed by atoms with van der Waals surface area (Å²) >= 11 is 0. The van der Waals surface area contributed by atoms with Crippen molar-refractivity contribution in [3.8, 4) is 11.4 Å². The summed E-state index contributed by atoms with van der Waals surface area (Å²) in [6, 6.07) is 20.8. The summed E-state index contributed by atoms with van der Waals surface area (Å²) in [6.45, 7) is -0.264. The Morgan fingerprint density at radius 2 is 1.67 bits per heavy atom. The van der Waals surface area contributed by atoms with E-state index in [9.17, 15) is 14.0 Å². The van der Waals surface area contributed by atoms with Gasteiger partial charge in [-0.3, -0.25) is 9.59 Å². The molecule has 0 aliphatic carbocycles. The number of hydrogen-bond donors (Lipinski definition) is 2. The first-order valence-electron chi connectivity index (χ1n) is 9.37. The maximum atomic E-state index is 13.6. The number of hydrogen-bond acceptors (Lipinski definition) is 3. The van der Waals surface area contributed by atoms with Crippen molar-refractivity contribution in [1.82, 2.24) is 14.9 Å². The predicted molar refractivity (Wildman–Crippen MR) is 114 cm³/mol. The second kappa shape index (κ2) is 8.16. The second-order valence-corrected chi connectivity index (χ2v) is 6.77. The van der Waals surface area contributed by atoms with Crippen LogP contribution in [0.15, 0.2) is 72.8 Å². The smallest absolute Gasteiger partial charge is 0.254 e. The molecule has 4 rings (SSSR count). The van der Waals surface area contributed by atoms with E-state index in [1.807, 2.05) is 48.0 Å². The number of benzene rings is 3. The highest BCUT2D eigenvalue weighted by Crippen LogP contribution is 2.24. The Morgan fingerprint density at radius 3 is 2.40 bits per heavy atom. The third-order valence-electron chi connectivity index (χ3n) is 4.74. The van der Waals surface area contributed by atoms with Crippen LogP contribution in [0.1, 0.15) is 10.4 Å². The van der Waals surface area contributed by atoms with Gasteiger partial charge in [0.1, 0.15) is 11.6 Å². The Kier molecular flexibility index (Phi) is 5.26. The summed E-state index contributed by atoms with van der Waals surface area (Å²) in [4.78, 5) is 28.8. The van der Waals surface area contributed by atoms with Gasteiger partial charge in [0.05, 0.1) is 23.1 Å². The molecule has 1 heterocycles. The van der Waals surface area contributed by atoms with E-state index in [4.69, 9.17) is 0 Å². The first kappa shape index (κ1) is 19.3. The topological polar surface area (TPSA) is 76.0 Å². The molecule has 0 fully saturated rings. The normalized spacial score (nSPS) is 10.7. The highest BCUT2D eigenvalue weighted by atomic mass is 19.1. The van der Waals surface area contributed by atoms with E-state index in [1.165, 1.54) is 18.2 Å². The fourth-order valence-corrected chi connectivity index (χ4v) is 3.21. The molecule has 2 N–H and O–H groups in total. The van der Waals surface area contributed by atoms with Crippen molar-refractivity contribution in [2.45, 2.75) is 0 Å². The van der Waals surface area contributed by atoms with Crippen molar-refractivity contribution in [2.75, 3.05) is 11.9 Å². The van der Waals surface area contributed by atoms with Crippen molar-refractivity contribution in [2.24, 2.45) is 7.05 Å². The highest BCUT2D eigenvalue weighted by Gasteiger charge is 2.13. The van der Waals surface area contributed by atoms with Gasteiger partial charge in [-0.1, -0.05) is 24.3 Å². The Bertz CT molecular complexity index is 1230. The summed E-state index contributed by atoms with van der Waals surface area (Å²) in [5, 5.41) is 5.12. The van der Waals surface area contributed by atoms with Gasteiger partial charge in [0.25, 0.3) is 5.91 Å². The van der Waals surface area contributed by atoms with E-state index in [-0.39, 0.29) is 12.1 Å². The average Bonchev–Trinajstić information content (AvgIpc) is 3.10. The molecule has 4 aromatic rings. The van der Waals surface area contributed by atoms with Gasteiger partial charge in [0, 0.05) is 18.3 Å². The molecule has 150 valence electrons. The first-order valence-corrected chi connectivity index (χ1v) is 9.37. The third kappa shape index (κ3) is 3.91. The van der Waals surface area contributed by atoms with Crippen LogP contribution in [0.3, 0.4) is 0 Å². The van der Waals surface area contributed by atoms with Crippen molar-refractivity contribution < 1.29 is 14.0 Å². The Labute approximate surface area is 172 Å². The maximum Gasteiger partial charge on any atom is 0.254 e. The fourth-order valence-electron chi connectivity index (χ4n) is 3.21. The van der Waals surface area contributed by atoms with Crippen LogP contribution in [0, 0.1) is 5.82 Å². The van der Waals surface area contributed by atoms with Crippen LogP contribution in [0.5, 0.6) is 0 Å². The Hall–Kier alpha value is -4.00. The molecule has 0 saturated carbocycles. The molecule has 0 radical (unpaired) electrons. The minimum absolute atomic E-state index is 0.0999. The molecule has 0 aliphatic rings. The van der Waals surface area contributed by atoms with Gasteiger partial charge in [-0.15, -0.1) is 0 Å². The zero-order valence-electron chi connectivity index (χ0n) is 16.2. The van der Waals surface area contributed by atoms with Crippen LogP contribution in [0.2, 0.25) is 0 Å². The van der Waals surface area contributed by atoms with E-state index in [0.29, 0.717) is 5.69 Å². The molecule has 6 nitrogen and oxygen atoms in total. The molecule has 0 atom stereocenters. The van der Waals surface area contributed by atoms with Crippen molar-refractivity contribution in [3.63, 3.8) is 0 Å². The van der Waals surface area contributed by atoms with Crippen LogP contribution in [-0.2, 0) is 11.8 Å². The van der Waals surface area contributed by atoms with Gasteiger partial charge in [-0.2, -0.15) is 0 Å². The minimum Gasteiger partial charge on any atom is -0.343 e. The number of aromatic nitrogens is 2. The van der Waals surface area contributed by atoms with Gasteiger partial charge >= 0.3 is 0 Å². The molecule has 7 heteroatoms. The van der Waals surface area contributed by atoms with Crippen molar-refractivity contribution in [1.29, 1.82) is 0 Å². The van der Waals surface area contributed by atoms with E-state index >= 15 is 0 Å². The lowest BCUT2D eigenvalue weighted by Gasteiger charge is -2.08. The number of nitrogens with one attached hydrogen (secondary N) is 2. The zero-order valence-corrected chi connectivity index (χ0v) is 16.2. The van der Waals surface area contributed by atoms with Crippen LogP contribution in [0.4, 0.5) is 10.1 Å². The second-order valence-electron chi connectivity index (χ2n) is 6.77. The molecule has 0 spiro atoms. The summed E-state index contributed by atoms with van der Waals surface area (Å²) < 4.78 is 15.6. The fraction of sp³-hybridized carbons (Fsp3) is 0.0870. The van der Waals surface area contributed by atoms with Crippen molar-refractivity contribution >= 4 is 28.5 Å². The van der Waals surface area contributed by atoms with Crippen LogP contribution in [0.25, 0.3) is 22.4 Å². The summed E-state index contributed by atoms with van der Waals surface area (Å²) in [7, 11) is 1.96. The maximum absolute atomic E-state index is 13.6. The standard InChI is InChI=1S/C23H19FN4O2/c1-28-20-9-5-4-8-19(20)27-22(28)15-10-12-16(13-11-15)26-21(29)14-25-23(30)17-6-2-3-7-18(17)24/h2-13H,14H2,1H3,(H,25,30)(H,26,29). The Balaban J connectivity index is 1.39. The number of fused-ring (bicyclic) bond motifs is 1. The summed E-state index contributed by atoms with van der Waals surface area (Å²) in [6.07, 6.45) is 0. The molecule has 0 saturated heterocycles. The van der Waals surface area contributed by atoms with E-state index in [0.717, 1.165) is 22.4 Å². The minimum atomic E-state index is -0.638. The molecule has 0 unspecified atom stereocenters. The van der Waals surface area contributed by atoms with Gasteiger partial charge in [0.15, 0.2) is 0 Å². The van der Waals surface area contributed by atoms with Crippen LogP contribution < -0.4 is 10.6 Å². The van der Waals surface area contributed by atoms with E-state index < -0.39 is 17.6 Å². The predicted octanol–water partition coefficient (Wildman–Crippen LogP) is 3.75. The third-order valence-corrected chi connectivity index (χ3v) is 4.74. The lowest BCUT2D eigenvalue weighted by molar-refractivity contribution is -0.115. The van der Waals surface area contributed by atoms with E-state index in [2.05, 4.69) is 15.6 Å². The van der Waals surface area contributed by atoms with Crippen molar-refractivity contribution in [3.05, 3.63) is 84.2 Å². The molecular weight excluding hydrogens is 383 g/mol. The number of carbonyl (C=O) groups is 2. The summed E-state index contributed by atoms with van der Waals surface area (Å²) in [5.74, 6) is -0.852. The SMILES string of the molecule is Cn1c(-c2ccc(NC(=O)CNC(=O)c3ccccc3F)cc2)nc2ccccc21. The highest BCUT2D eigenvalue weighted by molar-refractivity contribution is 5.99. The number of carbonyl (C=O) groups excluding carboxylic acids is 2. The number of halogens is 1. The first-order chi connectivity index (χ1) is 14.5. The average molecular weight is 402 g/mol. The number of para-hydroxylation sites is 2. The number of imidazole rings is 1. The zero-order chi connectivity index (χ0) is 21.1. The quantitative estimate of drug-likeness (QED) is 0.534. The molecular formula is C23H19FN4O2. The Morgan fingerprint density at radius 1 is 0.967 bits per heavy atom. The molecule has 0 bridgehead atoms. The number of rotatable bonds is 5. The molecule has 30 heavy (non-hydrogen) atoms. The molecule has 1 aromatic heterocycles. The lowest BCUT2D eigenvalue weighted by atomic mass is 10.2. The number of nitrogens with zero attached hydrogens (tertiary/aromatic N) is 2. The van der Waals surface area contributed by atoms with Crippen LogP contribution >= 0.6 is 0 Å². The van der Waals surface area contributed by atoms with Gasteiger partial charge in [-0.05, 0) is 48.5 Å². The monoisotopic (exact) mass is 402 g/mol. The van der Waals surface area contributed by atoms with Gasteiger partial charge < -0.3 is 15.2 Å². The molecule has 2 amide bonds. The number of anilines is 1. The largest absolute Gasteiger partial charge is 0.343 e. The summed E-state index contributed by atoms with van der Waals surface area (Å²) in [5.41, 5.74) is 3.35. The lowest BCUT2D eigenvalue weighted by Crippen LogP contribution is -2.33. The number of amides is 2.